The van der Waals surface area contributed by atoms with E-state index in [1.165, 1.54) is 0 Å². The molecular formula is C17H22. The van der Waals surface area contributed by atoms with Gasteiger partial charge in [-0.25, -0.2) is 0 Å². The van der Waals surface area contributed by atoms with E-state index in [1.54, 1.807) is 11.1 Å². The molecule has 2 unspecified atom stereocenters. The van der Waals surface area contributed by atoms with Crippen LogP contribution in [0.3, 0.4) is 0 Å². The molecule has 0 heterocycles. The Bertz CT molecular complexity index is 410. The molecule has 0 heteroatoms. The Morgan fingerprint density at radius 1 is 0.824 bits per heavy atom. The van der Waals surface area contributed by atoms with E-state index < -0.39 is 0 Å². The van der Waals surface area contributed by atoms with Crippen LogP contribution in [0.4, 0.5) is 0 Å². The Kier molecular flexibility index (Phi) is 2.26. The van der Waals surface area contributed by atoms with Crippen molar-refractivity contribution in [3.63, 3.8) is 0 Å². The molecule has 0 aliphatic heterocycles. The lowest BCUT2D eigenvalue weighted by Gasteiger charge is -2.41. The fourth-order valence-corrected chi connectivity index (χ4v) is 4.61. The van der Waals surface area contributed by atoms with Gasteiger partial charge in [0.05, 0.1) is 0 Å². The van der Waals surface area contributed by atoms with E-state index >= 15 is 0 Å². The van der Waals surface area contributed by atoms with E-state index in [0.717, 1.165) is 0 Å². The van der Waals surface area contributed by atoms with Crippen molar-refractivity contribution in [1.29, 1.82) is 0 Å². The standard InChI is InChI=1S/C17H22/c1-11(2)17(12(3)4)15-9-5-7-13(15)14-8-6-10-16(14)17/h5-14H,1-4H3. The molecule has 0 spiro atoms. The van der Waals surface area contributed by atoms with Gasteiger partial charge in [-0.1, -0.05) is 75.3 Å². The van der Waals surface area contributed by atoms with Gasteiger partial charge in [0.25, 0.3) is 0 Å². The lowest BCUT2D eigenvalue weighted by molar-refractivity contribution is 0.222. The van der Waals surface area contributed by atoms with E-state index in [1.807, 2.05) is 0 Å². The van der Waals surface area contributed by atoms with Crippen molar-refractivity contribution < 1.29 is 0 Å². The van der Waals surface area contributed by atoms with E-state index in [-0.39, 0.29) is 0 Å². The molecule has 90 valence electrons. The summed E-state index contributed by atoms with van der Waals surface area (Å²) in [5.74, 6) is 2.63. The van der Waals surface area contributed by atoms with Crippen LogP contribution in [0.1, 0.15) is 27.7 Å². The summed E-state index contributed by atoms with van der Waals surface area (Å²) in [4.78, 5) is 0. The molecule has 0 amide bonds. The van der Waals surface area contributed by atoms with Gasteiger partial charge in [-0.2, -0.15) is 0 Å². The van der Waals surface area contributed by atoms with Crippen molar-refractivity contribution in [2.75, 3.05) is 0 Å². The minimum Gasteiger partial charge on any atom is -0.0764 e. The Labute approximate surface area is 105 Å². The molecule has 0 aromatic carbocycles. The summed E-state index contributed by atoms with van der Waals surface area (Å²) in [6.07, 6.45) is 14.1. The molecule has 3 aliphatic rings. The first-order valence-electron chi connectivity index (χ1n) is 6.87. The Morgan fingerprint density at radius 2 is 1.24 bits per heavy atom. The highest BCUT2D eigenvalue weighted by Crippen LogP contribution is 2.64. The van der Waals surface area contributed by atoms with Gasteiger partial charge in [-0.3, -0.25) is 0 Å². The zero-order valence-electron chi connectivity index (χ0n) is 11.3. The number of rotatable bonds is 2. The molecule has 3 aliphatic carbocycles. The molecule has 2 atom stereocenters. The maximum absolute atomic E-state index is 2.40. The summed E-state index contributed by atoms with van der Waals surface area (Å²) in [6.45, 7) is 9.55. The van der Waals surface area contributed by atoms with Gasteiger partial charge in [0, 0.05) is 17.3 Å². The van der Waals surface area contributed by atoms with Crippen molar-refractivity contribution in [2.24, 2.45) is 29.1 Å². The van der Waals surface area contributed by atoms with Crippen LogP contribution < -0.4 is 0 Å². The minimum atomic E-state index is 0.294. The van der Waals surface area contributed by atoms with Crippen molar-refractivity contribution in [1.82, 2.24) is 0 Å². The van der Waals surface area contributed by atoms with Crippen molar-refractivity contribution in [2.45, 2.75) is 27.7 Å². The largest absolute Gasteiger partial charge is 0.0764 e. The summed E-state index contributed by atoms with van der Waals surface area (Å²) < 4.78 is 0. The summed E-state index contributed by atoms with van der Waals surface area (Å²) in [6, 6.07) is 0. The first-order chi connectivity index (χ1) is 8.10. The second kappa shape index (κ2) is 3.48. The second-order valence-electron chi connectivity index (χ2n) is 6.24. The van der Waals surface area contributed by atoms with Crippen LogP contribution in [0.15, 0.2) is 47.6 Å². The second-order valence-corrected chi connectivity index (χ2v) is 6.24. The molecule has 1 saturated carbocycles. The highest BCUT2D eigenvalue weighted by atomic mass is 14.6. The van der Waals surface area contributed by atoms with Crippen LogP contribution in [0.2, 0.25) is 0 Å². The van der Waals surface area contributed by atoms with Gasteiger partial charge in [0.15, 0.2) is 0 Å². The lowest BCUT2D eigenvalue weighted by atomic mass is 9.62. The normalized spacial score (nSPS) is 32.1. The summed E-state index contributed by atoms with van der Waals surface area (Å²) >= 11 is 0. The van der Waals surface area contributed by atoms with Crippen molar-refractivity contribution >= 4 is 0 Å². The highest BCUT2D eigenvalue weighted by molar-refractivity contribution is 5.54. The first-order valence-corrected chi connectivity index (χ1v) is 6.87. The molecule has 17 heavy (non-hydrogen) atoms. The summed E-state index contributed by atoms with van der Waals surface area (Å²) in [7, 11) is 0. The SMILES string of the molecule is CC(C)C1(C(C)C)C2=CC=CC2C2C=CC=C21. The van der Waals surface area contributed by atoms with Gasteiger partial charge >= 0.3 is 0 Å². The quantitative estimate of drug-likeness (QED) is 0.649. The molecule has 0 bridgehead atoms. The average molecular weight is 226 g/mol. The molecule has 0 saturated heterocycles. The van der Waals surface area contributed by atoms with E-state index in [0.29, 0.717) is 29.1 Å². The molecule has 3 rings (SSSR count). The molecule has 0 aromatic heterocycles. The Morgan fingerprint density at radius 3 is 1.59 bits per heavy atom. The number of hydrogen-bond acceptors (Lipinski definition) is 0. The number of fused-ring (bicyclic) bond motifs is 3. The lowest BCUT2D eigenvalue weighted by Crippen LogP contribution is -2.34. The van der Waals surface area contributed by atoms with Gasteiger partial charge < -0.3 is 0 Å². The van der Waals surface area contributed by atoms with Crippen LogP contribution in [-0.4, -0.2) is 0 Å². The van der Waals surface area contributed by atoms with Crippen LogP contribution >= 0.6 is 0 Å². The third kappa shape index (κ3) is 1.14. The predicted molar refractivity (Wildman–Crippen MR) is 73.5 cm³/mol. The average Bonchev–Trinajstić information content (AvgIpc) is 2.84. The topological polar surface area (TPSA) is 0 Å². The Balaban J connectivity index is 2.21. The third-order valence-corrected chi connectivity index (χ3v) is 5.07. The smallest absolute Gasteiger partial charge is 0.0185 e. The predicted octanol–water partition coefficient (Wildman–Crippen LogP) is 4.52. The minimum absolute atomic E-state index is 0.294. The van der Waals surface area contributed by atoms with Gasteiger partial charge in [-0.05, 0) is 11.8 Å². The third-order valence-electron chi connectivity index (χ3n) is 5.07. The van der Waals surface area contributed by atoms with E-state index in [2.05, 4.69) is 64.2 Å². The zero-order valence-corrected chi connectivity index (χ0v) is 11.3. The molecule has 0 aromatic rings. The number of hydrogen-bond donors (Lipinski definition) is 0. The monoisotopic (exact) mass is 226 g/mol. The molecule has 1 fully saturated rings. The van der Waals surface area contributed by atoms with E-state index in [9.17, 15) is 0 Å². The van der Waals surface area contributed by atoms with Crippen molar-refractivity contribution in [3.05, 3.63) is 47.6 Å². The van der Waals surface area contributed by atoms with E-state index in [4.69, 9.17) is 0 Å². The van der Waals surface area contributed by atoms with Crippen LogP contribution in [0.5, 0.6) is 0 Å². The maximum Gasteiger partial charge on any atom is 0.0185 e. The summed E-state index contributed by atoms with van der Waals surface area (Å²) in [5, 5.41) is 0. The molecule has 0 nitrogen and oxygen atoms in total. The molecule has 0 radical (unpaired) electrons. The highest BCUT2D eigenvalue weighted by Gasteiger charge is 2.55. The molecular weight excluding hydrogens is 204 g/mol. The Hall–Kier alpha value is -1.04. The van der Waals surface area contributed by atoms with Gasteiger partial charge in [0.1, 0.15) is 0 Å². The van der Waals surface area contributed by atoms with Crippen molar-refractivity contribution in [3.8, 4) is 0 Å². The van der Waals surface area contributed by atoms with Crippen LogP contribution in [0, 0.1) is 29.1 Å². The number of allylic oxidation sites excluding steroid dienone is 8. The van der Waals surface area contributed by atoms with Gasteiger partial charge in [-0.15, -0.1) is 0 Å². The van der Waals surface area contributed by atoms with Crippen LogP contribution in [-0.2, 0) is 0 Å². The van der Waals surface area contributed by atoms with Gasteiger partial charge in [0.2, 0.25) is 0 Å². The maximum atomic E-state index is 2.40. The summed E-state index contributed by atoms with van der Waals surface area (Å²) in [5.41, 5.74) is 3.63. The first kappa shape index (κ1) is 11.1. The van der Waals surface area contributed by atoms with Crippen LogP contribution in [0.25, 0.3) is 0 Å². The molecule has 0 N–H and O–H groups in total. The zero-order chi connectivity index (χ0) is 12.2. The fourth-order valence-electron chi connectivity index (χ4n) is 4.61. The fraction of sp³-hybridized carbons (Fsp3) is 0.529.